The second-order valence-electron chi connectivity index (χ2n) is 6.15. The average molecular weight is 359 g/mol. The molecule has 2 rings (SSSR count). The van der Waals surface area contributed by atoms with E-state index in [0.717, 1.165) is 26.1 Å². The molecule has 0 aromatic carbocycles. The van der Waals surface area contributed by atoms with Crippen LogP contribution in [0.2, 0.25) is 0 Å². The van der Waals surface area contributed by atoms with Crippen LogP contribution in [-0.2, 0) is 0 Å². The third kappa shape index (κ3) is 7.72. The van der Waals surface area contributed by atoms with E-state index in [2.05, 4.69) is 19.9 Å². The van der Waals surface area contributed by atoms with Gasteiger partial charge in [-0.05, 0) is 45.0 Å². The zero-order chi connectivity index (χ0) is 18.1. The smallest absolute Gasteiger partial charge is 0.422 e. The van der Waals surface area contributed by atoms with E-state index in [9.17, 15) is 18.0 Å². The van der Waals surface area contributed by atoms with Crippen LogP contribution in [0.5, 0.6) is 5.88 Å². The van der Waals surface area contributed by atoms with Crippen LogP contribution in [0.1, 0.15) is 42.5 Å². The van der Waals surface area contributed by atoms with Crippen molar-refractivity contribution in [3.8, 4) is 5.88 Å². The van der Waals surface area contributed by atoms with Crippen LogP contribution in [0.15, 0.2) is 18.3 Å². The molecule has 1 N–H and O–H groups in total. The summed E-state index contributed by atoms with van der Waals surface area (Å²) >= 11 is 0. The number of likely N-dealkylation sites (tertiary alicyclic amines) is 1. The number of amides is 1. The van der Waals surface area contributed by atoms with E-state index in [4.69, 9.17) is 0 Å². The Bertz CT molecular complexity index is 527. The Hall–Kier alpha value is -1.83. The monoisotopic (exact) mass is 359 g/mol. The summed E-state index contributed by atoms with van der Waals surface area (Å²) in [6.07, 6.45) is 2.74. The number of rotatable bonds is 7. The summed E-state index contributed by atoms with van der Waals surface area (Å²) in [6.45, 7) is 2.36. The molecule has 0 saturated carbocycles. The van der Waals surface area contributed by atoms with Crippen molar-refractivity contribution in [3.63, 3.8) is 0 Å². The highest BCUT2D eigenvalue weighted by Gasteiger charge is 2.28. The van der Waals surface area contributed by atoms with Crippen molar-refractivity contribution in [2.75, 3.05) is 32.8 Å². The fourth-order valence-corrected chi connectivity index (χ4v) is 2.72. The Labute approximate surface area is 145 Å². The maximum absolute atomic E-state index is 12.1. The zero-order valence-electron chi connectivity index (χ0n) is 14.1. The second-order valence-corrected chi connectivity index (χ2v) is 6.15. The molecular formula is C17H24F3N3O2. The normalized spacial score (nSPS) is 16.3. The van der Waals surface area contributed by atoms with Gasteiger partial charge in [0.1, 0.15) is 0 Å². The van der Waals surface area contributed by atoms with Gasteiger partial charge in [-0.25, -0.2) is 4.98 Å². The molecule has 0 bridgehead atoms. The fourth-order valence-electron chi connectivity index (χ4n) is 2.72. The third-order valence-corrected chi connectivity index (χ3v) is 4.02. The van der Waals surface area contributed by atoms with Crippen LogP contribution >= 0.6 is 0 Å². The second kappa shape index (κ2) is 9.60. The molecule has 1 aliphatic rings. The lowest BCUT2D eigenvalue weighted by Gasteiger charge is -2.19. The zero-order valence-corrected chi connectivity index (χ0v) is 14.1. The maximum atomic E-state index is 12.1. The topological polar surface area (TPSA) is 54.5 Å². The van der Waals surface area contributed by atoms with Gasteiger partial charge >= 0.3 is 6.18 Å². The number of hydrogen-bond donors (Lipinski definition) is 1. The molecule has 0 unspecified atom stereocenters. The van der Waals surface area contributed by atoms with Gasteiger partial charge in [0, 0.05) is 18.8 Å². The van der Waals surface area contributed by atoms with E-state index in [1.807, 2.05) is 0 Å². The lowest BCUT2D eigenvalue weighted by atomic mass is 10.2. The first kappa shape index (κ1) is 19.5. The molecule has 0 aliphatic carbocycles. The summed E-state index contributed by atoms with van der Waals surface area (Å²) < 4.78 is 40.7. The first-order chi connectivity index (χ1) is 11.9. The molecule has 0 atom stereocenters. The Morgan fingerprint density at radius 1 is 1.20 bits per heavy atom. The predicted octanol–water partition coefficient (Wildman–Crippen LogP) is 3.02. The summed E-state index contributed by atoms with van der Waals surface area (Å²) in [5, 5.41) is 2.80. The summed E-state index contributed by atoms with van der Waals surface area (Å²) in [7, 11) is 0. The summed E-state index contributed by atoms with van der Waals surface area (Å²) in [6, 6.07) is 2.67. The summed E-state index contributed by atoms with van der Waals surface area (Å²) in [4.78, 5) is 18.1. The van der Waals surface area contributed by atoms with Gasteiger partial charge in [0.05, 0.1) is 5.56 Å². The molecule has 25 heavy (non-hydrogen) atoms. The van der Waals surface area contributed by atoms with E-state index in [-0.39, 0.29) is 11.8 Å². The number of nitrogens with zero attached hydrogens (tertiary/aromatic N) is 2. The number of carbonyl (C=O) groups excluding carboxylic acids is 1. The minimum absolute atomic E-state index is 0.157. The molecule has 1 aromatic rings. The van der Waals surface area contributed by atoms with Crippen molar-refractivity contribution < 1.29 is 22.7 Å². The molecule has 0 spiro atoms. The number of halogens is 3. The van der Waals surface area contributed by atoms with Crippen molar-refractivity contribution in [1.82, 2.24) is 15.2 Å². The van der Waals surface area contributed by atoms with Crippen LogP contribution in [0, 0.1) is 0 Å². The number of hydrogen-bond acceptors (Lipinski definition) is 4. The van der Waals surface area contributed by atoms with E-state index < -0.39 is 12.8 Å². The Morgan fingerprint density at radius 2 is 1.92 bits per heavy atom. The highest BCUT2D eigenvalue weighted by molar-refractivity contribution is 5.93. The summed E-state index contributed by atoms with van der Waals surface area (Å²) in [5.41, 5.74) is 0.300. The lowest BCUT2D eigenvalue weighted by molar-refractivity contribution is -0.154. The number of aromatic nitrogens is 1. The van der Waals surface area contributed by atoms with Gasteiger partial charge in [0.2, 0.25) is 5.88 Å². The quantitative estimate of drug-likeness (QED) is 0.761. The molecular weight excluding hydrogens is 335 g/mol. The van der Waals surface area contributed by atoms with Gasteiger partial charge in [-0.15, -0.1) is 0 Å². The van der Waals surface area contributed by atoms with Gasteiger partial charge in [0.15, 0.2) is 6.61 Å². The number of pyridine rings is 1. The Kier molecular flexibility index (Phi) is 7.49. The molecule has 140 valence electrons. The van der Waals surface area contributed by atoms with Gasteiger partial charge < -0.3 is 15.0 Å². The highest BCUT2D eigenvalue weighted by atomic mass is 19.4. The van der Waals surface area contributed by atoms with Crippen molar-refractivity contribution in [3.05, 3.63) is 23.9 Å². The average Bonchev–Trinajstić information content (AvgIpc) is 2.85. The summed E-state index contributed by atoms with van der Waals surface area (Å²) in [5.74, 6) is -0.444. The largest absolute Gasteiger partial charge is 0.468 e. The van der Waals surface area contributed by atoms with Crippen LogP contribution in [0.25, 0.3) is 0 Å². The van der Waals surface area contributed by atoms with E-state index in [1.165, 1.54) is 44.0 Å². The van der Waals surface area contributed by atoms with Gasteiger partial charge in [-0.3, -0.25) is 4.79 Å². The SMILES string of the molecule is O=C(NCCCN1CCCCCC1)c1ccc(OCC(F)(F)F)nc1. The van der Waals surface area contributed by atoms with Gasteiger partial charge in [0.25, 0.3) is 5.91 Å². The van der Waals surface area contributed by atoms with Crippen LogP contribution in [-0.4, -0.2) is 54.8 Å². The third-order valence-electron chi connectivity index (χ3n) is 4.02. The van der Waals surface area contributed by atoms with Gasteiger partial charge in [-0.1, -0.05) is 12.8 Å². The number of ether oxygens (including phenoxy) is 1. The molecule has 0 radical (unpaired) electrons. The molecule has 1 fully saturated rings. The molecule has 8 heteroatoms. The van der Waals surface area contributed by atoms with Crippen molar-refractivity contribution in [2.45, 2.75) is 38.3 Å². The molecule has 1 aromatic heterocycles. The van der Waals surface area contributed by atoms with E-state index in [1.54, 1.807) is 0 Å². The van der Waals surface area contributed by atoms with Crippen molar-refractivity contribution >= 4 is 5.91 Å². The first-order valence-electron chi connectivity index (χ1n) is 8.60. The number of nitrogens with one attached hydrogen (secondary N) is 1. The number of carbonyl (C=O) groups is 1. The predicted molar refractivity (Wildman–Crippen MR) is 87.6 cm³/mol. The Balaban J connectivity index is 1.68. The highest BCUT2D eigenvalue weighted by Crippen LogP contribution is 2.17. The first-order valence-corrected chi connectivity index (χ1v) is 8.60. The minimum Gasteiger partial charge on any atom is -0.468 e. The number of alkyl halides is 3. The van der Waals surface area contributed by atoms with E-state index in [0.29, 0.717) is 12.1 Å². The van der Waals surface area contributed by atoms with Gasteiger partial charge in [-0.2, -0.15) is 13.2 Å². The Morgan fingerprint density at radius 3 is 2.52 bits per heavy atom. The molecule has 1 aliphatic heterocycles. The molecule has 1 amide bonds. The van der Waals surface area contributed by atoms with Crippen LogP contribution in [0.4, 0.5) is 13.2 Å². The fraction of sp³-hybridized carbons (Fsp3) is 0.647. The minimum atomic E-state index is -4.41. The lowest BCUT2D eigenvalue weighted by Crippen LogP contribution is -2.30. The van der Waals surface area contributed by atoms with Crippen LogP contribution < -0.4 is 10.1 Å². The standard InChI is InChI=1S/C17H24F3N3O2/c18-17(19,20)13-25-15-7-6-14(12-22-15)16(24)21-8-5-11-23-9-3-1-2-4-10-23/h6-7,12H,1-5,8-11,13H2,(H,21,24). The molecule has 5 nitrogen and oxygen atoms in total. The maximum Gasteiger partial charge on any atom is 0.422 e. The van der Waals surface area contributed by atoms with Crippen molar-refractivity contribution in [1.29, 1.82) is 0 Å². The van der Waals surface area contributed by atoms with Crippen molar-refractivity contribution in [2.24, 2.45) is 0 Å². The molecule has 2 heterocycles. The van der Waals surface area contributed by atoms with E-state index >= 15 is 0 Å². The van der Waals surface area contributed by atoms with Crippen LogP contribution in [0.3, 0.4) is 0 Å². The molecule has 1 saturated heterocycles.